The summed E-state index contributed by atoms with van der Waals surface area (Å²) in [5.41, 5.74) is 0.303. The van der Waals surface area contributed by atoms with Gasteiger partial charge in [-0.15, -0.1) is 5.10 Å². The van der Waals surface area contributed by atoms with Crippen molar-refractivity contribution in [2.75, 3.05) is 7.11 Å². The molecule has 23 heavy (non-hydrogen) atoms. The topological polar surface area (TPSA) is 103 Å². The van der Waals surface area contributed by atoms with Crippen LogP contribution in [0, 0.1) is 0 Å². The molecule has 1 aromatic heterocycles. The first-order chi connectivity index (χ1) is 11.0. The first kappa shape index (κ1) is 16.6. The molecular weight excluding hydrogens is 300 g/mol. The van der Waals surface area contributed by atoms with Crippen LogP contribution < -0.4 is 10.9 Å². The van der Waals surface area contributed by atoms with Gasteiger partial charge in [0, 0.05) is 13.0 Å². The first-order valence-corrected chi connectivity index (χ1v) is 7.22. The van der Waals surface area contributed by atoms with Gasteiger partial charge in [0.1, 0.15) is 11.6 Å². The average molecular weight is 318 g/mol. The Kier molecular flexibility index (Phi) is 5.40. The standard InChI is InChI=1S/C15H18N4O4/c1-10(15(22)23-2)16-13(20)8-5-9-19-14(21)11-6-3-4-7-12(11)17-18-19/h3-4,6-7,10H,5,8-9H2,1-2H3,(H,16,20). The number of aryl methyl sites for hydroxylation is 1. The molecule has 0 radical (unpaired) electrons. The second-order valence-electron chi connectivity index (χ2n) is 5.05. The quantitative estimate of drug-likeness (QED) is 0.766. The molecule has 0 aliphatic carbocycles. The predicted molar refractivity (Wildman–Crippen MR) is 82.7 cm³/mol. The summed E-state index contributed by atoms with van der Waals surface area (Å²) in [6.07, 6.45) is 0.578. The molecule has 0 aliphatic rings. The third-order valence-electron chi connectivity index (χ3n) is 3.34. The number of carbonyl (C=O) groups is 2. The number of esters is 1. The van der Waals surface area contributed by atoms with E-state index in [1.54, 1.807) is 31.2 Å². The number of nitrogens with one attached hydrogen (secondary N) is 1. The maximum Gasteiger partial charge on any atom is 0.328 e. The van der Waals surface area contributed by atoms with Crippen molar-refractivity contribution < 1.29 is 14.3 Å². The van der Waals surface area contributed by atoms with Crippen molar-refractivity contribution >= 4 is 22.8 Å². The van der Waals surface area contributed by atoms with Crippen molar-refractivity contribution in [3.05, 3.63) is 34.6 Å². The molecule has 0 fully saturated rings. The van der Waals surface area contributed by atoms with Gasteiger partial charge in [-0.2, -0.15) is 0 Å². The van der Waals surface area contributed by atoms with Gasteiger partial charge < -0.3 is 10.1 Å². The van der Waals surface area contributed by atoms with Crippen molar-refractivity contribution in [2.45, 2.75) is 32.4 Å². The Labute approximate surface area is 132 Å². The van der Waals surface area contributed by atoms with Gasteiger partial charge in [-0.05, 0) is 25.5 Å². The molecule has 8 heteroatoms. The zero-order chi connectivity index (χ0) is 16.8. The lowest BCUT2D eigenvalue weighted by atomic mass is 10.2. The third kappa shape index (κ3) is 4.12. The number of benzene rings is 1. The zero-order valence-corrected chi connectivity index (χ0v) is 13.0. The molecule has 0 aliphatic heterocycles. The SMILES string of the molecule is COC(=O)C(C)NC(=O)CCCn1nnc2ccccc2c1=O. The molecule has 1 amide bonds. The number of hydrogen-bond acceptors (Lipinski definition) is 6. The van der Waals surface area contributed by atoms with Gasteiger partial charge >= 0.3 is 5.97 Å². The highest BCUT2D eigenvalue weighted by Crippen LogP contribution is 2.03. The van der Waals surface area contributed by atoms with Crippen LogP contribution in [0.25, 0.3) is 10.9 Å². The normalized spacial score (nSPS) is 11.9. The molecule has 2 rings (SSSR count). The Morgan fingerprint density at radius 1 is 1.35 bits per heavy atom. The Balaban J connectivity index is 1.92. The van der Waals surface area contributed by atoms with E-state index >= 15 is 0 Å². The number of ether oxygens (including phenoxy) is 1. The number of rotatable bonds is 6. The predicted octanol–water partition coefficient (Wildman–Crippen LogP) is 0.249. The van der Waals surface area contributed by atoms with E-state index in [-0.39, 0.29) is 24.4 Å². The lowest BCUT2D eigenvalue weighted by molar-refractivity contribution is -0.144. The number of fused-ring (bicyclic) bond motifs is 1. The van der Waals surface area contributed by atoms with Crippen molar-refractivity contribution in [3.8, 4) is 0 Å². The van der Waals surface area contributed by atoms with Gasteiger partial charge in [-0.3, -0.25) is 9.59 Å². The summed E-state index contributed by atoms with van der Waals surface area (Å²) in [6, 6.07) is 6.25. The van der Waals surface area contributed by atoms with E-state index in [1.807, 2.05) is 0 Å². The number of hydrogen-bond donors (Lipinski definition) is 1. The van der Waals surface area contributed by atoms with Crippen molar-refractivity contribution in [1.82, 2.24) is 20.3 Å². The van der Waals surface area contributed by atoms with Crippen LogP contribution in [0.3, 0.4) is 0 Å². The summed E-state index contributed by atoms with van der Waals surface area (Å²) < 4.78 is 5.76. The fourth-order valence-corrected chi connectivity index (χ4v) is 2.11. The van der Waals surface area contributed by atoms with Crippen molar-refractivity contribution in [1.29, 1.82) is 0 Å². The summed E-state index contributed by atoms with van der Waals surface area (Å²) >= 11 is 0. The van der Waals surface area contributed by atoms with Gasteiger partial charge in [0.2, 0.25) is 5.91 Å². The molecule has 1 heterocycles. The lowest BCUT2D eigenvalue weighted by Crippen LogP contribution is -2.39. The summed E-state index contributed by atoms with van der Waals surface area (Å²) in [4.78, 5) is 35.1. The minimum Gasteiger partial charge on any atom is -0.467 e. The largest absolute Gasteiger partial charge is 0.467 e. The number of nitrogens with zero attached hydrogens (tertiary/aromatic N) is 3. The number of methoxy groups -OCH3 is 1. The molecule has 8 nitrogen and oxygen atoms in total. The average Bonchev–Trinajstić information content (AvgIpc) is 2.56. The minimum absolute atomic E-state index is 0.169. The zero-order valence-electron chi connectivity index (χ0n) is 13.0. The maximum absolute atomic E-state index is 12.2. The van der Waals surface area contributed by atoms with E-state index in [9.17, 15) is 14.4 Å². The number of aromatic nitrogens is 3. The van der Waals surface area contributed by atoms with Crippen LogP contribution in [0.1, 0.15) is 19.8 Å². The van der Waals surface area contributed by atoms with Crippen LogP contribution in [-0.2, 0) is 20.9 Å². The Morgan fingerprint density at radius 3 is 2.83 bits per heavy atom. The lowest BCUT2D eigenvalue weighted by Gasteiger charge is -2.11. The second-order valence-corrected chi connectivity index (χ2v) is 5.05. The van der Waals surface area contributed by atoms with E-state index < -0.39 is 12.0 Å². The number of amides is 1. The first-order valence-electron chi connectivity index (χ1n) is 7.22. The summed E-state index contributed by atoms with van der Waals surface area (Å²) in [6.45, 7) is 1.82. The molecule has 1 N–H and O–H groups in total. The Hall–Kier alpha value is -2.77. The highest BCUT2D eigenvalue weighted by atomic mass is 16.5. The summed E-state index contributed by atoms with van der Waals surface area (Å²) in [5, 5.41) is 10.8. The monoisotopic (exact) mass is 318 g/mol. The Morgan fingerprint density at radius 2 is 2.09 bits per heavy atom. The minimum atomic E-state index is -0.698. The molecule has 1 unspecified atom stereocenters. The van der Waals surface area contributed by atoms with Crippen molar-refractivity contribution in [3.63, 3.8) is 0 Å². The molecule has 1 aromatic carbocycles. The van der Waals surface area contributed by atoms with Gasteiger partial charge in [0.05, 0.1) is 12.5 Å². The van der Waals surface area contributed by atoms with Crippen LogP contribution in [0.15, 0.2) is 29.1 Å². The van der Waals surface area contributed by atoms with Gasteiger partial charge in [0.15, 0.2) is 0 Å². The van der Waals surface area contributed by atoms with E-state index in [2.05, 4.69) is 20.4 Å². The maximum atomic E-state index is 12.2. The molecule has 0 saturated heterocycles. The molecule has 0 bridgehead atoms. The van der Waals surface area contributed by atoms with Gasteiger partial charge in [-0.1, -0.05) is 17.3 Å². The molecule has 1 atom stereocenters. The molecule has 2 aromatic rings. The molecular formula is C15H18N4O4. The van der Waals surface area contributed by atoms with Crippen LogP contribution in [0.2, 0.25) is 0 Å². The molecule has 122 valence electrons. The van der Waals surface area contributed by atoms with Crippen molar-refractivity contribution in [2.24, 2.45) is 0 Å². The molecule has 0 saturated carbocycles. The highest BCUT2D eigenvalue weighted by Gasteiger charge is 2.15. The smallest absolute Gasteiger partial charge is 0.328 e. The summed E-state index contributed by atoms with van der Waals surface area (Å²) in [5.74, 6) is -0.792. The summed E-state index contributed by atoms with van der Waals surface area (Å²) in [7, 11) is 1.26. The number of carbonyl (C=O) groups excluding carboxylic acids is 2. The second kappa shape index (κ2) is 7.48. The Bertz CT molecular complexity index is 771. The fourth-order valence-electron chi connectivity index (χ4n) is 2.11. The third-order valence-corrected chi connectivity index (χ3v) is 3.34. The van der Waals surface area contributed by atoms with E-state index in [4.69, 9.17) is 0 Å². The fraction of sp³-hybridized carbons (Fsp3) is 0.400. The van der Waals surface area contributed by atoms with E-state index in [1.165, 1.54) is 11.8 Å². The van der Waals surface area contributed by atoms with Crippen LogP contribution in [0.4, 0.5) is 0 Å². The van der Waals surface area contributed by atoms with Crippen LogP contribution in [-0.4, -0.2) is 40.0 Å². The van der Waals surface area contributed by atoms with Crippen LogP contribution >= 0.6 is 0 Å². The van der Waals surface area contributed by atoms with E-state index in [0.29, 0.717) is 17.3 Å². The van der Waals surface area contributed by atoms with Crippen LogP contribution in [0.5, 0.6) is 0 Å². The highest BCUT2D eigenvalue weighted by molar-refractivity contribution is 5.84. The molecule has 0 spiro atoms. The van der Waals surface area contributed by atoms with Gasteiger partial charge in [-0.25, -0.2) is 9.48 Å². The van der Waals surface area contributed by atoms with Gasteiger partial charge in [0.25, 0.3) is 5.56 Å². The van der Waals surface area contributed by atoms with E-state index in [0.717, 1.165) is 0 Å².